The average molecular weight is 308 g/mol. The number of ether oxygens (including phenoxy) is 2. The number of carbonyl (C=O) groups excluding carboxylic acids is 1. The Balaban J connectivity index is 2.08. The fourth-order valence-electron chi connectivity index (χ4n) is 2.07. The average Bonchev–Trinajstić information content (AvgIpc) is 2.39. The first-order chi connectivity index (χ1) is 9.43. The maximum atomic E-state index is 11.4. The van der Waals surface area contributed by atoms with Crippen LogP contribution in [0.15, 0.2) is 0 Å². The van der Waals surface area contributed by atoms with E-state index in [1.165, 1.54) is 0 Å². The van der Waals surface area contributed by atoms with Gasteiger partial charge in [-0.1, -0.05) is 0 Å². The van der Waals surface area contributed by atoms with E-state index in [-0.39, 0.29) is 12.6 Å². The molecule has 0 unspecified atom stereocenters. The van der Waals surface area contributed by atoms with Crippen molar-refractivity contribution in [3.63, 3.8) is 0 Å². The molecule has 118 valence electrons. The van der Waals surface area contributed by atoms with Crippen LogP contribution in [0.25, 0.3) is 0 Å². The second kappa shape index (κ2) is 8.56. The number of esters is 1. The molecular weight excluding hydrogens is 284 g/mol. The zero-order valence-corrected chi connectivity index (χ0v) is 12.7. The van der Waals surface area contributed by atoms with Crippen LogP contribution in [0, 0.1) is 0 Å². The first kappa shape index (κ1) is 17.4. The van der Waals surface area contributed by atoms with Gasteiger partial charge in [0, 0.05) is 19.2 Å². The Morgan fingerprint density at radius 3 is 2.55 bits per heavy atom. The van der Waals surface area contributed by atoms with Crippen LogP contribution in [-0.2, 0) is 24.3 Å². The summed E-state index contributed by atoms with van der Waals surface area (Å²) < 4.78 is 35.2. The van der Waals surface area contributed by atoms with Gasteiger partial charge in [0.15, 0.2) is 5.75 Å². The molecule has 0 heterocycles. The van der Waals surface area contributed by atoms with Gasteiger partial charge in [0.05, 0.1) is 13.2 Å². The highest BCUT2D eigenvalue weighted by Crippen LogP contribution is 2.19. The van der Waals surface area contributed by atoms with Crippen molar-refractivity contribution in [3.8, 4) is 0 Å². The Morgan fingerprint density at radius 1 is 1.30 bits per heavy atom. The molecule has 0 atom stereocenters. The molecule has 1 saturated carbocycles. The van der Waals surface area contributed by atoms with Gasteiger partial charge in [-0.3, -0.25) is 4.79 Å². The van der Waals surface area contributed by atoms with Crippen molar-refractivity contribution in [2.45, 2.75) is 44.2 Å². The van der Waals surface area contributed by atoms with Crippen LogP contribution >= 0.6 is 0 Å². The van der Waals surface area contributed by atoms with Crippen LogP contribution < -0.4 is 10.5 Å². The highest BCUT2D eigenvalue weighted by molar-refractivity contribution is 7.90. The second-order valence-electron chi connectivity index (χ2n) is 4.99. The number of methoxy groups -OCH3 is 1. The van der Waals surface area contributed by atoms with E-state index in [2.05, 4.69) is 9.46 Å². The SMILES string of the molecule is COC(=O)CS(=O)(=O)NCCCOC1CCC(N)CC1. The Morgan fingerprint density at radius 2 is 1.95 bits per heavy atom. The summed E-state index contributed by atoms with van der Waals surface area (Å²) in [5, 5.41) is 0. The lowest BCUT2D eigenvalue weighted by Crippen LogP contribution is -2.33. The molecule has 1 fully saturated rings. The van der Waals surface area contributed by atoms with Crippen LogP contribution in [0.5, 0.6) is 0 Å². The summed E-state index contributed by atoms with van der Waals surface area (Å²) in [7, 11) is -2.45. The Bertz CT molecular complexity index is 391. The molecule has 0 radical (unpaired) electrons. The lowest BCUT2D eigenvalue weighted by atomic mass is 9.94. The van der Waals surface area contributed by atoms with Gasteiger partial charge < -0.3 is 15.2 Å². The van der Waals surface area contributed by atoms with E-state index in [1.54, 1.807) is 0 Å². The van der Waals surface area contributed by atoms with E-state index in [4.69, 9.17) is 10.5 Å². The monoisotopic (exact) mass is 308 g/mol. The predicted octanol–water partition coefficient (Wildman–Crippen LogP) is -0.245. The van der Waals surface area contributed by atoms with E-state index in [1.807, 2.05) is 0 Å². The molecule has 7 nitrogen and oxygen atoms in total. The van der Waals surface area contributed by atoms with E-state index < -0.39 is 21.7 Å². The third-order valence-corrected chi connectivity index (χ3v) is 4.51. The van der Waals surface area contributed by atoms with E-state index in [0.29, 0.717) is 19.1 Å². The minimum absolute atomic E-state index is 0.237. The molecule has 0 bridgehead atoms. The molecule has 0 amide bonds. The van der Waals surface area contributed by atoms with Gasteiger partial charge in [-0.15, -0.1) is 0 Å². The van der Waals surface area contributed by atoms with Crippen LogP contribution in [0.3, 0.4) is 0 Å². The molecule has 20 heavy (non-hydrogen) atoms. The zero-order valence-electron chi connectivity index (χ0n) is 11.8. The number of hydrogen-bond acceptors (Lipinski definition) is 6. The smallest absolute Gasteiger partial charge is 0.322 e. The molecule has 0 aromatic rings. The molecule has 0 aromatic carbocycles. The summed E-state index contributed by atoms with van der Waals surface area (Å²) in [6.45, 7) is 0.756. The molecule has 0 saturated heterocycles. The van der Waals surface area contributed by atoms with Crippen molar-refractivity contribution in [3.05, 3.63) is 0 Å². The standard InChI is InChI=1S/C12H24N2O5S/c1-18-12(15)9-20(16,17)14-7-2-8-19-11-5-3-10(13)4-6-11/h10-11,14H,2-9,13H2,1H3. The van der Waals surface area contributed by atoms with E-state index >= 15 is 0 Å². The van der Waals surface area contributed by atoms with E-state index in [9.17, 15) is 13.2 Å². The van der Waals surface area contributed by atoms with Crippen molar-refractivity contribution >= 4 is 16.0 Å². The molecule has 1 aliphatic rings. The Kier molecular flexibility index (Phi) is 7.42. The van der Waals surface area contributed by atoms with Crippen molar-refractivity contribution in [2.24, 2.45) is 5.73 Å². The van der Waals surface area contributed by atoms with Crippen LogP contribution in [0.1, 0.15) is 32.1 Å². The molecule has 1 aliphatic carbocycles. The highest BCUT2D eigenvalue weighted by atomic mass is 32.2. The van der Waals surface area contributed by atoms with Gasteiger partial charge in [-0.25, -0.2) is 13.1 Å². The molecular formula is C12H24N2O5S. The summed E-state index contributed by atoms with van der Waals surface area (Å²) >= 11 is 0. The quantitative estimate of drug-likeness (QED) is 0.473. The second-order valence-corrected chi connectivity index (χ2v) is 6.80. The summed E-state index contributed by atoms with van der Waals surface area (Å²) in [5.41, 5.74) is 5.80. The minimum atomic E-state index is -3.60. The van der Waals surface area contributed by atoms with E-state index in [0.717, 1.165) is 32.8 Å². The third-order valence-electron chi connectivity index (χ3n) is 3.25. The molecule has 1 rings (SSSR count). The predicted molar refractivity (Wildman–Crippen MR) is 74.6 cm³/mol. The summed E-state index contributed by atoms with van der Waals surface area (Å²) in [6, 6.07) is 0.292. The van der Waals surface area contributed by atoms with Crippen LogP contribution in [0.4, 0.5) is 0 Å². The Hall–Kier alpha value is -0.700. The molecule has 0 spiro atoms. The lowest BCUT2D eigenvalue weighted by molar-refractivity contribution is -0.137. The number of sulfonamides is 1. The van der Waals surface area contributed by atoms with Gasteiger partial charge in [-0.05, 0) is 32.1 Å². The number of hydrogen-bond donors (Lipinski definition) is 2. The lowest BCUT2D eigenvalue weighted by Gasteiger charge is -2.26. The topological polar surface area (TPSA) is 108 Å². The first-order valence-electron chi connectivity index (χ1n) is 6.84. The Labute approximate surface area is 120 Å². The molecule has 3 N–H and O–H groups in total. The summed E-state index contributed by atoms with van der Waals surface area (Å²) in [5.74, 6) is -1.42. The zero-order chi connectivity index (χ0) is 15.0. The summed E-state index contributed by atoms with van der Waals surface area (Å²) in [6.07, 6.45) is 4.71. The van der Waals surface area contributed by atoms with Gasteiger partial charge in [0.25, 0.3) is 0 Å². The van der Waals surface area contributed by atoms with Gasteiger partial charge >= 0.3 is 5.97 Å². The van der Waals surface area contributed by atoms with Crippen LogP contribution in [-0.4, -0.2) is 52.5 Å². The van der Waals surface area contributed by atoms with Gasteiger partial charge in [0.2, 0.25) is 10.0 Å². The largest absolute Gasteiger partial charge is 0.468 e. The number of rotatable bonds is 8. The minimum Gasteiger partial charge on any atom is -0.468 e. The molecule has 0 aliphatic heterocycles. The maximum absolute atomic E-state index is 11.4. The van der Waals surface area contributed by atoms with Crippen molar-refractivity contribution in [1.82, 2.24) is 4.72 Å². The maximum Gasteiger partial charge on any atom is 0.322 e. The van der Waals surface area contributed by atoms with Gasteiger partial charge in [0.1, 0.15) is 0 Å². The third kappa shape index (κ3) is 7.18. The number of nitrogens with two attached hydrogens (primary N) is 1. The molecule has 0 aromatic heterocycles. The highest BCUT2D eigenvalue weighted by Gasteiger charge is 2.19. The fraction of sp³-hybridized carbons (Fsp3) is 0.917. The summed E-state index contributed by atoms with van der Waals surface area (Å²) in [4.78, 5) is 10.9. The van der Waals surface area contributed by atoms with Crippen molar-refractivity contribution < 1.29 is 22.7 Å². The van der Waals surface area contributed by atoms with Gasteiger partial charge in [-0.2, -0.15) is 0 Å². The fourth-order valence-corrected chi connectivity index (χ4v) is 3.06. The normalized spacial score (nSPS) is 23.5. The van der Waals surface area contributed by atoms with Crippen molar-refractivity contribution in [1.29, 1.82) is 0 Å². The first-order valence-corrected chi connectivity index (χ1v) is 8.49. The molecule has 8 heteroatoms. The van der Waals surface area contributed by atoms with Crippen molar-refractivity contribution in [2.75, 3.05) is 26.0 Å². The van der Waals surface area contributed by atoms with Crippen LogP contribution in [0.2, 0.25) is 0 Å². The number of nitrogens with one attached hydrogen (secondary N) is 1. The number of carbonyl (C=O) groups is 1.